The van der Waals surface area contributed by atoms with Gasteiger partial charge in [-0.2, -0.15) is 4.31 Å². The Morgan fingerprint density at radius 1 is 1.19 bits per heavy atom. The molecule has 0 aromatic heterocycles. The van der Waals surface area contributed by atoms with Crippen LogP contribution in [-0.4, -0.2) is 31.4 Å². The molecule has 0 saturated heterocycles. The number of rotatable bonds is 8. The molecule has 1 aromatic rings. The summed E-state index contributed by atoms with van der Waals surface area (Å²) in [6, 6.07) is 8.58. The van der Waals surface area contributed by atoms with Gasteiger partial charge < -0.3 is 5.32 Å². The molecular weight excluding hydrogens is 284 g/mol. The van der Waals surface area contributed by atoms with E-state index in [-0.39, 0.29) is 11.8 Å². The van der Waals surface area contributed by atoms with Gasteiger partial charge in [-0.1, -0.05) is 31.2 Å². The quantitative estimate of drug-likeness (QED) is 0.802. The van der Waals surface area contributed by atoms with E-state index in [9.17, 15) is 8.42 Å². The van der Waals surface area contributed by atoms with E-state index >= 15 is 0 Å². The summed E-state index contributed by atoms with van der Waals surface area (Å²) in [7, 11) is -3.24. The van der Waals surface area contributed by atoms with Gasteiger partial charge in [0.2, 0.25) is 10.0 Å². The first-order valence-corrected chi connectivity index (χ1v) is 9.34. The summed E-state index contributed by atoms with van der Waals surface area (Å²) >= 11 is 0. The van der Waals surface area contributed by atoms with Crippen molar-refractivity contribution in [1.82, 2.24) is 9.62 Å². The average Bonchev–Trinajstić information content (AvgIpc) is 3.21. The number of benzene rings is 1. The minimum absolute atomic E-state index is 0.00187. The zero-order chi connectivity index (χ0) is 15.5. The van der Waals surface area contributed by atoms with E-state index in [1.807, 2.05) is 45.0 Å². The lowest BCUT2D eigenvalue weighted by atomic mass is 10.1. The molecule has 0 atom stereocenters. The molecule has 1 aromatic carbocycles. The summed E-state index contributed by atoms with van der Waals surface area (Å²) in [6.45, 7) is 7.08. The highest BCUT2D eigenvalue weighted by Gasteiger charge is 2.23. The van der Waals surface area contributed by atoms with Gasteiger partial charge in [-0.3, -0.25) is 0 Å². The standard InChI is InChI=1S/C16H26N2O2S/c1-4-18(13(2)3)21(19,20)12-15-7-5-14(6-8-15)11-17-16-9-10-16/h5-8,13,16-17H,4,9-12H2,1-3H3. The highest BCUT2D eigenvalue weighted by molar-refractivity contribution is 7.88. The second-order valence-corrected chi connectivity index (χ2v) is 7.95. The lowest BCUT2D eigenvalue weighted by Crippen LogP contribution is -2.37. The van der Waals surface area contributed by atoms with Crippen LogP contribution in [-0.2, 0) is 22.3 Å². The Morgan fingerprint density at radius 2 is 1.76 bits per heavy atom. The number of nitrogens with one attached hydrogen (secondary N) is 1. The van der Waals surface area contributed by atoms with Crippen LogP contribution in [0.5, 0.6) is 0 Å². The molecule has 0 heterocycles. The van der Waals surface area contributed by atoms with E-state index in [2.05, 4.69) is 5.32 Å². The first-order chi connectivity index (χ1) is 9.92. The van der Waals surface area contributed by atoms with Crippen molar-refractivity contribution in [3.05, 3.63) is 35.4 Å². The normalized spacial score (nSPS) is 15.9. The highest BCUT2D eigenvalue weighted by atomic mass is 32.2. The van der Waals surface area contributed by atoms with Gasteiger partial charge in [-0.15, -0.1) is 0 Å². The summed E-state index contributed by atoms with van der Waals surface area (Å²) in [5.74, 6) is 0.0787. The third-order valence-electron chi connectivity index (χ3n) is 3.79. The second-order valence-electron chi connectivity index (χ2n) is 6.02. The van der Waals surface area contributed by atoms with Crippen LogP contribution in [0.2, 0.25) is 0 Å². The zero-order valence-electron chi connectivity index (χ0n) is 13.2. The molecule has 2 rings (SSSR count). The molecule has 0 spiro atoms. The topological polar surface area (TPSA) is 49.4 Å². The van der Waals surface area contributed by atoms with Crippen LogP contribution >= 0.6 is 0 Å². The third kappa shape index (κ3) is 4.80. The van der Waals surface area contributed by atoms with Crippen molar-refractivity contribution < 1.29 is 8.42 Å². The molecule has 1 saturated carbocycles. The molecule has 1 aliphatic carbocycles. The first kappa shape index (κ1) is 16.5. The van der Waals surface area contributed by atoms with Gasteiger partial charge >= 0.3 is 0 Å². The van der Waals surface area contributed by atoms with Crippen LogP contribution in [0.3, 0.4) is 0 Å². The van der Waals surface area contributed by atoms with Gasteiger partial charge in [0.15, 0.2) is 0 Å². The van der Waals surface area contributed by atoms with Crippen molar-refractivity contribution in [2.75, 3.05) is 6.54 Å². The first-order valence-electron chi connectivity index (χ1n) is 7.73. The lowest BCUT2D eigenvalue weighted by molar-refractivity contribution is 0.368. The van der Waals surface area contributed by atoms with Gasteiger partial charge in [0, 0.05) is 25.2 Å². The Labute approximate surface area is 128 Å². The van der Waals surface area contributed by atoms with Gasteiger partial charge in [-0.25, -0.2) is 8.42 Å². The van der Waals surface area contributed by atoms with Crippen molar-refractivity contribution in [1.29, 1.82) is 0 Å². The molecule has 0 radical (unpaired) electrons. The molecule has 0 aliphatic heterocycles. The van der Waals surface area contributed by atoms with Crippen LogP contribution in [0.4, 0.5) is 0 Å². The fourth-order valence-corrected chi connectivity index (χ4v) is 4.29. The fraction of sp³-hybridized carbons (Fsp3) is 0.625. The van der Waals surface area contributed by atoms with Gasteiger partial charge in [0.1, 0.15) is 0 Å². The van der Waals surface area contributed by atoms with Crippen LogP contribution < -0.4 is 5.32 Å². The van der Waals surface area contributed by atoms with E-state index in [0.717, 1.165) is 12.1 Å². The summed E-state index contributed by atoms with van der Waals surface area (Å²) in [5.41, 5.74) is 2.06. The maximum atomic E-state index is 12.4. The van der Waals surface area contributed by atoms with Crippen molar-refractivity contribution in [2.45, 2.75) is 58.0 Å². The summed E-state index contributed by atoms with van der Waals surface area (Å²) < 4.78 is 26.3. The SMILES string of the molecule is CCN(C(C)C)S(=O)(=O)Cc1ccc(CNC2CC2)cc1. The van der Waals surface area contributed by atoms with Crippen LogP contribution in [0.15, 0.2) is 24.3 Å². The fourth-order valence-electron chi connectivity index (χ4n) is 2.48. The average molecular weight is 310 g/mol. The van der Waals surface area contributed by atoms with E-state index in [0.29, 0.717) is 12.6 Å². The summed E-state index contributed by atoms with van der Waals surface area (Å²) in [5, 5.41) is 3.46. The molecule has 0 bridgehead atoms. The summed E-state index contributed by atoms with van der Waals surface area (Å²) in [6.07, 6.45) is 2.55. The highest BCUT2D eigenvalue weighted by Crippen LogP contribution is 2.19. The van der Waals surface area contributed by atoms with Crippen molar-refractivity contribution in [2.24, 2.45) is 0 Å². The predicted molar refractivity (Wildman–Crippen MR) is 86.4 cm³/mol. The van der Waals surface area contributed by atoms with Crippen molar-refractivity contribution in [3.63, 3.8) is 0 Å². The number of hydrogen-bond donors (Lipinski definition) is 1. The minimum atomic E-state index is -3.24. The Kier molecular flexibility index (Phi) is 5.41. The van der Waals surface area contributed by atoms with Crippen LogP contribution in [0.1, 0.15) is 44.7 Å². The van der Waals surface area contributed by atoms with E-state index in [4.69, 9.17) is 0 Å². The largest absolute Gasteiger partial charge is 0.310 e. The molecule has 0 unspecified atom stereocenters. The molecule has 1 N–H and O–H groups in total. The maximum absolute atomic E-state index is 12.4. The Bertz CT molecular complexity index is 548. The second kappa shape index (κ2) is 6.90. The smallest absolute Gasteiger partial charge is 0.218 e. The third-order valence-corrected chi connectivity index (χ3v) is 5.88. The van der Waals surface area contributed by atoms with Gasteiger partial charge in [0.05, 0.1) is 5.75 Å². The molecule has 4 nitrogen and oxygen atoms in total. The Morgan fingerprint density at radius 3 is 2.24 bits per heavy atom. The van der Waals surface area contributed by atoms with Crippen molar-refractivity contribution >= 4 is 10.0 Å². The minimum Gasteiger partial charge on any atom is -0.310 e. The molecule has 21 heavy (non-hydrogen) atoms. The molecule has 1 aliphatic rings. The molecule has 0 amide bonds. The van der Waals surface area contributed by atoms with E-state index in [1.54, 1.807) is 4.31 Å². The Hall–Kier alpha value is -0.910. The molecule has 1 fully saturated rings. The van der Waals surface area contributed by atoms with E-state index in [1.165, 1.54) is 18.4 Å². The van der Waals surface area contributed by atoms with Crippen molar-refractivity contribution in [3.8, 4) is 0 Å². The summed E-state index contributed by atoms with van der Waals surface area (Å²) in [4.78, 5) is 0. The number of hydrogen-bond acceptors (Lipinski definition) is 3. The zero-order valence-corrected chi connectivity index (χ0v) is 14.0. The van der Waals surface area contributed by atoms with Gasteiger partial charge in [0.25, 0.3) is 0 Å². The number of nitrogens with zero attached hydrogens (tertiary/aromatic N) is 1. The predicted octanol–water partition coefficient (Wildman–Crippen LogP) is 2.50. The molecule has 5 heteroatoms. The monoisotopic (exact) mass is 310 g/mol. The molecular formula is C16H26N2O2S. The molecule has 118 valence electrons. The van der Waals surface area contributed by atoms with E-state index < -0.39 is 10.0 Å². The maximum Gasteiger partial charge on any atom is 0.218 e. The van der Waals surface area contributed by atoms with Crippen LogP contribution in [0, 0.1) is 0 Å². The number of sulfonamides is 1. The van der Waals surface area contributed by atoms with Gasteiger partial charge in [-0.05, 0) is 37.8 Å². The van der Waals surface area contributed by atoms with Crippen LogP contribution in [0.25, 0.3) is 0 Å². The Balaban J connectivity index is 1.97. The lowest BCUT2D eigenvalue weighted by Gasteiger charge is -2.24.